The molecular formula is C33H52F4N4O4. The van der Waals surface area contributed by atoms with Gasteiger partial charge in [-0.3, -0.25) is 9.98 Å². The van der Waals surface area contributed by atoms with Gasteiger partial charge in [-0.1, -0.05) is 68.9 Å². The molecule has 1 fully saturated rings. The molecular weight excluding hydrogens is 592 g/mol. The van der Waals surface area contributed by atoms with Crippen LogP contribution < -0.4 is 11.5 Å². The summed E-state index contributed by atoms with van der Waals surface area (Å²) < 4.78 is 51.0. The fraction of sp³-hybridized carbons (Fsp3) is 0.697. The molecule has 2 rings (SSSR count). The van der Waals surface area contributed by atoms with Crippen molar-refractivity contribution in [1.82, 2.24) is 0 Å². The normalized spacial score (nSPS) is 18.9. The van der Waals surface area contributed by atoms with Crippen LogP contribution in [-0.2, 0) is 9.59 Å². The third kappa shape index (κ3) is 13.6. The van der Waals surface area contributed by atoms with E-state index in [-0.39, 0.29) is 32.2 Å². The molecule has 3 unspecified atom stereocenters. The van der Waals surface area contributed by atoms with Crippen LogP contribution in [-0.4, -0.2) is 70.6 Å². The van der Waals surface area contributed by atoms with Crippen LogP contribution >= 0.6 is 0 Å². The highest BCUT2D eigenvalue weighted by Gasteiger charge is 2.44. The number of nitrogens with two attached hydrogens (primary N) is 2. The average Bonchev–Trinajstić information content (AvgIpc) is 3.44. The molecule has 1 aromatic carbocycles. The fourth-order valence-corrected chi connectivity index (χ4v) is 5.13. The third-order valence-corrected chi connectivity index (χ3v) is 8.32. The number of halogens is 4. The molecule has 45 heavy (non-hydrogen) atoms. The fourth-order valence-electron chi connectivity index (χ4n) is 5.13. The molecule has 8 nitrogen and oxygen atoms in total. The minimum absolute atomic E-state index is 0.191. The smallest absolute Gasteiger partial charge is 0.329 e. The molecule has 256 valence electrons. The van der Waals surface area contributed by atoms with Crippen LogP contribution in [0.2, 0.25) is 0 Å². The number of hydrogen-bond donors (Lipinski definition) is 4. The Labute approximate surface area is 264 Å². The van der Waals surface area contributed by atoms with Crippen molar-refractivity contribution in [3.63, 3.8) is 0 Å². The van der Waals surface area contributed by atoms with Crippen LogP contribution in [0.15, 0.2) is 34.3 Å². The maximum atomic E-state index is 12.8. The van der Waals surface area contributed by atoms with Gasteiger partial charge in [0.1, 0.15) is 0 Å². The summed E-state index contributed by atoms with van der Waals surface area (Å²) in [5.41, 5.74) is 9.67. The molecule has 1 aromatic rings. The van der Waals surface area contributed by atoms with Crippen LogP contribution in [0.1, 0.15) is 108 Å². The molecule has 1 aliphatic rings. The molecule has 0 amide bonds. The molecule has 3 atom stereocenters. The summed E-state index contributed by atoms with van der Waals surface area (Å²) in [7, 11) is 0. The Kier molecular flexibility index (Phi) is 18.1. The van der Waals surface area contributed by atoms with E-state index in [1.807, 2.05) is 38.1 Å². The summed E-state index contributed by atoms with van der Waals surface area (Å²) in [6, 6.07) is 7.77. The highest BCUT2D eigenvalue weighted by Crippen LogP contribution is 2.28. The van der Waals surface area contributed by atoms with Gasteiger partial charge in [-0.25, -0.2) is 27.2 Å². The average molecular weight is 645 g/mol. The number of benzene rings is 1. The van der Waals surface area contributed by atoms with Crippen molar-refractivity contribution in [3.05, 3.63) is 35.4 Å². The molecule has 12 heteroatoms. The summed E-state index contributed by atoms with van der Waals surface area (Å²) in [5.74, 6) is -2.79. The van der Waals surface area contributed by atoms with Gasteiger partial charge in [0.05, 0.1) is 0 Å². The Morgan fingerprint density at radius 2 is 1.42 bits per heavy atom. The second-order valence-electron chi connectivity index (χ2n) is 12.0. The molecule has 0 saturated heterocycles. The zero-order valence-corrected chi connectivity index (χ0v) is 26.9. The zero-order chi connectivity index (χ0) is 34.0. The first-order chi connectivity index (χ1) is 21.2. The number of hydrogen-bond acceptors (Lipinski definition) is 6. The van der Waals surface area contributed by atoms with E-state index in [0.717, 1.165) is 36.1 Å². The van der Waals surface area contributed by atoms with E-state index in [9.17, 15) is 27.2 Å². The number of alkyl halides is 4. The van der Waals surface area contributed by atoms with E-state index in [1.165, 1.54) is 44.2 Å². The van der Waals surface area contributed by atoms with Crippen molar-refractivity contribution < 1.29 is 37.4 Å². The summed E-state index contributed by atoms with van der Waals surface area (Å²) >= 11 is 0. The first kappa shape index (κ1) is 40.2. The number of rotatable bonds is 19. The predicted molar refractivity (Wildman–Crippen MR) is 171 cm³/mol. The first-order valence-corrected chi connectivity index (χ1v) is 15.9. The lowest BCUT2D eigenvalue weighted by Crippen LogP contribution is -2.54. The van der Waals surface area contributed by atoms with Gasteiger partial charge in [0.2, 0.25) is 0 Å². The zero-order valence-electron chi connectivity index (χ0n) is 26.9. The van der Waals surface area contributed by atoms with Crippen molar-refractivity contribution in [2.45, 2.75) is 128 Å². The molecule has 0 radical (unpaired) electrons. The van der Waals surface area contributed by atoms with Gasteiger partial charge in [0, 0.05) is 24.5 Å². The van der Waals surface area contributed by atoms with Gasteiger partial charge < -0.3 is 21.7 Å². The lowest BCUT2D eigenvalue weighted by Gasteiger charge is -2.23. The number of aryl methyl sites for hydroxylation is 1. The number of carboxylic acid groups (broad SMARTS) is 2. The van der Waals surface area contributed by atoms with Gasteiger partial charge in [-0.05, 0) is 76.7 Å². The molecule has 0 aromatic heterocycles. The summed E-state index contributed by atoms with van der Waals surface area (Å²) in [5, 5.41) is 17.6. The number of aliphatic imine (C=N–C) groups is 2. The minimum atomic E-state index is -3.10. The lowest BCUT2D eigenvalue weighted by molar-refractivity contribution is -0.151. The molecule has 0 bridgehead atoms. The van der Waals surface area contributed by atoms with Crippen molar-refractivity contribution in [2.75, 3.05) is 13.1 Å². The quantitative estimate of drug-likeness (QED) is 0.0720. The van der Waals surface area contributed by atoms with Gasteiger partial charge in [-0.2, -0.15) is 0 Å². The van der Waals surface area contributed by atoms with Crippen molar-refractivity contribution in [3.8, 4) is 0 Å². The van der Waals surface area contributed by atoms with Crippen LogP contribution in [0.3, 0.4) is 0 Å². The van der Waals surface area contributed by atoms with E-state index in [0.29, 0.717) is 12.5 Å². The van der Waals surface area contributed by atoms with Crippen molar-refractivity contribution in [1.29, 1.82) is 0 Å². The van der Waals surface area contributed by atoms with Gasteiger partial charge in [0.15, 0.2) is 11.1 Å². The molecule has 0 aliphatic heterocycles. The summed E-state index contributed by atoms with van der Waals surface area (Å²) in [6.45, 7) is 6.66. The lowest BCUT2D eigenvalue weighted by atomic mass is 9.95. The summed E-state index contributed by atoms with van der Waals surface area (Å²) in [4.78, 5) is 30.6. The maximum absolute atomic E-state index is 12.8. The van der Waals surface area contributed by atoms with Crippen LogP contribution in [0, 0.1) is 12.8 Å². The second-order valence-corrected chi connectivity index (χ2v) is 12.0. The second kappa shape index (κ2) is 20.3. The largest absolute Gasteiger partial charge is 0.480 e. The predicted octanol–water partition coefficient (Wildman–Crippen LogP) is 7.05. The number of carboxylic acids is 2. The number of carbonyl (C=O) groups is 2. The molecule has 0 heterocycles. The van der Waals surface area contributed by atoms with Gasteiger partial charge in [-0.15, -0.1) is 0 Å². The summed E-state index contributed by atoms with van der Waals surface area (Å²) in [6.07, 6.45) is 4.51. The monoisotopic (exact) mass is 644 g/mol. The highest BCUT2D eigenvalue weighted by molar-refractivity contribution is 5.98. The van der Waals surface area contributed by atoms with E-state index in [2.05, 4.69) is 16.9 Å². The topological polar surface area (TPSA) is 151 Å². The number of aliphatic carboxylic acids is 2. The van der Waals surface area contributed by atoms with Crippen LogP contribution in [0.5, 0.6) is 0 Å². The van der Waals surface area contributed by atoms with E-state index in [4.69, 9.17) is 21.7 Å². The Bertz CT molecular complexity index is 1100. The minimum Gasteiger partial charge on any atom is -0.480 e. The molecule has 6 N–H and O–H groups in total. The van der Waals surface area contributed by atoms with E-state index >= 15 is 0 Å². The van der Waals surface area contributed by atoms with Crippen molar-refractivity contribution >= 4 is 23.4 Å². The Morgan fingerprint density at radius 3 is 1.93 bits per heavy atom. The van der Waals surface area contributed by atoms with Crippen molar-refractivity contribution in [2.24, 2.45) is 27.4 Å². The van der Waals surface area contributed by atoms with Gasteiger partial charge in [0.25, 0.3) is 12.9 Å². The molecule has 0 spiro atoms. The molecule has 1 aliphatic carbocycles. The van der Waals surface area contributed by atoms with E-state index in [1.54, 1.807) is 0 Å². The van der Waals surface area contributed by atoms with E-state index < -0.39 is 35.9 Å². The van der Waals surface area contributed by atoms with Crippen LogP contribution in [0.4, 0.5) is 17.6 Å². The highest BCUT2D eigenvalue weighted by atomic mass is 19.3. The molecule has 1 saturated carbocycles. The third-order valence-electron chi connectivity index (χ3n) is 8.32. The Morgan fingerprint density at radius 1 is 0.889 bits per heavy atom. The Hall–Kier alpha value is -2.86. The van der Waals surface area contributed by atoms with Crippen LogP contribution in [0.25, 0.3) is 0 Å². The number of unbranched alkanes of at least 4 members (excludes halogenated alkanes) is 4. The standard InChI is InChI=1S/C18H32F2N2O2.C15H20F2N2O2/c1-2-3-4-5-6-9-14-10-7-11-15(14)22-13-8-12-18(21,16(19)20)17(23)24;1-10-4-6-12(7-5-10)11(2)19-9-3-8-15(18,13(16)17)14(20)21/h14,16H,2-13,21H2,1H3,(H,23,24);4-7,13H,3,8-9,18H2,1-2H3,(H,20,21)/b22-15+;19-11+. The van der Waals surface area contributed by atoms with Gasteiger partial charge >= 0.3 is 11.9 Å². The Balaban J connectivity index is 0.000000454. The maximum Gasteiger partial charge on any atom is 0.329 e. The SMILES string of the molecule is C/C(=N\CCCC(N)(C(=O)O)C(F)F)c1ccc(C)cc1.CCCCCCCC1CCC/C1=N\CCCC(N)(C(=O)O)C(F)F. The first-order valence-electron chi connectivity index (χ1n) is 15.9. The number of nitrogens with zero attached hydrogens (tertiary/aromatic N) is 2.